The van der Waals surface area contributed by atoms with Crippen molar-refractivity contribution in [2.75, 3.05) is 13.2 Å². The van der Waals surface area contributed by atoms with Gasteiger partial charge in [-0.25, -0.2) is 0 Å². The van der Waals surface area contributed by atoms with Crippen LogP contribution in [0.2, 0.25) is 0 Å². The highest BCUT2D eigenvalue weighted by Gasteiger charge is 2.32. The maximum absolute atomic E-state index is 5.69. The zero-order valence-corrected chi connectivity index (χ0v) is 11.6. The summed E-state index contributed by atoms with van der Waals surface area (Å²) in [6, 6.07) is 0.744. The lowest BCUT2D eigenvalue weighted by Gasteiger charge is -2.25. The summed E-state index contributed by atoms with van der Waals surface area (Å²) in [5, 5.41) is 3.69. The van der Waals surface area contributed by atoms with Crippen molar-refractivity contribution in [1.82, 2.24) is 5.32 Å². The standard InChI is InChI=1S/C15H29NO/c1-3-16-15(12(2)13-9-10-13)8-4-6-14-7-5-11-17-14/h12-16H,3-11H2,1-2H3. The molecule has 0 radical (unpaired) electrons. The molecule has 0 aromatic heterocycles. The molecule has 1 saturated heterocycles. The number of nitrogens with one attached hydrogen (secondary N) is 1. The molecule has 2 aliphatic rings. The lowest BCUT2D eigenvalue weighted by atomic mass is 9.91. The van der Waals surface area contributed by atoms with Crippen LogP contribution in [0.5, 0.6) is 0 Å². The first-order chi connectivity index (χ1) is 8.31. The van der Waals surface area contributed by atoms with E-state index in [0.29, 0.717) is 6.10 Å². The fourth-order valence-electron chi connectivity index (χ4n) is 3.20. The maximum Gasteiger partial charge on any atom is 0.0576 e. The SMILES string of the molecule is CCNC(CCCC1CCCO1)C(C)C1CC1. The molecule has 0 amide bonds. The van der Waals surface area contributed by atoms with E-state index in [1.165, 1.54) is 44.9 Å². The van der Waals surface area contributed by atoms with Crippen molar-refractivity contribution in [2.24, 2.45) is 11.8 Å². The molecule has 3 atom stereocenters. The molecule has 0 spiro atoms. The third-order valence-electron chi connectivity index (χ3n) is 4.53. The van der Waals surface area contributed by atoms with E-state index < -0.39 is 0 Å². The molecule has 1 aliphatic carbocycles. The maximum atomic E-state index is 5.69. The van der Waals surface area contributed by atoms with Crippen molar-refractivity contribution in [2.45, 2.75) is 70.9 Å². The number of hydrogen-bond donors (Lipinski definition) is 1. The second-order valence-corrected chi connectivity index (χ2v) is 5.93. The molecule has 2 rings (SSSR count). The van der Waals surface area contributed by atoms with Gasteiger partial charge in [0.15, 0.2) is 0 Å². The van der Waals surface area contributed by atoms with Crippen molar-refractivity contribution in [1.29, 1.82) is 0 Å². The molecule has 0 bridgehead atoms. The van der Waals surface area contributed by atoms with Gasteiger partial charge in [-0.3, -0.25) is 0 Å². The first-order valence-corrected chi connectivity index (χ1v) is 7.66. The summed E-state index contributed by atoms with van der Waals surface area (Å²) in [6.45, 7) is 6.78. The van der Waals surface area contributed by atoms with Crippen LogP contribution in [0.4, 0.5) is 0 Å². The Hall–Kier alpha value is -0.0800. The predicted molar refractivity (Wildman–Crippen MR) is 72.2 cm³/mol. The third kappa shape index (κ3) is 4.26. The fraction of sp³-hybridized carbons (Fsp3) is 1.00. The summed E-state index contributed by atoms with van der Waals surface area (Å²) in [5.74, 6) is 1.89. The van der Waals surface area contributed by atoms with Gasteiger partial charge < -0.3 is 10.1 Å². The molecule has 1 aliphatic heterocycles. The van der Waals surface area contributed by atoms with E-state index in [-0.39, 0.29) is 0 Å². The summed E-state index contributed by atoms with van der Waals surface area (Å²) in [6.07, 6.45) is 10.0. The van der Waals surface area contributed by atoms with Crippen LogP contribution in [0, 0.1) is 11.8 Å². The Labute approximate surface area is 107 Å². The molecule has 1 saturated carbocycles. The molecule has 100 valence electrons. The Morgan fingerprint density at radius 3 is 2.71 bits per heavy atom. The number of hydrogen-bond acceptors (Lipinski definition) is 2. The summed E-state index contributed by atoms with van der Waals surface area (Å²) in [4.78, 5) is 0. The molecule has 2 fully saturated rings. The average molecular weight is 239 g/mol. The summed E-state index contributed by atoms with van der Waals surface area (Å²) >= 11 is 0. The first-order valence-electron chi connectivity index (χ1n) is 7.66. The molecule has 2 heteroatoms. The van der Waals surface area contributed by atoms with E-state index in [2.05, 4.69) is 19.2 Å². The Bertz CT molecular complexity index is 209. The molecule has 0 aromatic carbocycles. The highest BCUT2D eigenvalue weighted by Crippen LogP contribution is 2.39. The van der Waals surface area contributed by atoms with Gasteiger partial charge in [0, 0.05) is 12.6 Å². The van der Waals surface area contributed by atoms with Crippen LogP contribution in [0.3, 0.4) is 0 Å². The molecular formula is C15H29NO. The van der Waals surface area contributed by atoms with E-state index in [0.717, 1.165) is 31.0 Å². The van der Waals surface area contributed by atoms with Crippen molar-refractivity contribution in [3.63, 3.8) is 0 Å². The quantitative estimate of drug-likeness (QED) is 0.701. The zero-order valence-electron chi connectivity index (χ0n) is 11.6. The van der Waals surface area contributed by atoms with Crippen LogP contribution >= 0.6 is 0 Å². The minimum Gasteiger partial charge on any atom is -0.378 e. The summed E-state index contributed by atoms with van der Waals surface area (Å²) < 4.78 is 5.69. The zero-order chi connectivity index (χ0) is 12.1. The van der Waals surface area contributed by atoms with Crippen LogP contribution in [0.1, 0.15) is 58.8 Å². The lowest BCUT2D eigenvalue weighted by molar-refractivity contribution is 0.100. The van der Waals surface area contributed by atoms with Crippen molar-refractivity contribution in [3.05, 3.63) is 0 Å². The van der Waals surface area contributed by atoms with Gasteiger partial charge >= 0.3 is 0 Å². The first kappa shape index (κ1) is 13.4. The second kappa shape index (κ2) is 6.75. The van der Waals surface area contributed by atoms with Gasteiger partial charge in [0.05, 0.1) is 6.10 Å². The Morgan fingerprint density at radius 2 is 2.12 bits per heavy atom. The monoisotopic (exact) mass is 239 g/mol. The van der Waals surface area contributed by atoms with E-state index in [1.54, 1.807) is 0 Å². The Balaban J connectivity index is 1.65. The van der Waals surface area contributed by atoms with Crippen LogP contribution in [-0.2, 0) is 4.74 Å². The fourth-order valence-corrected chi connectivity index (χ4v) is 3.20. The van der Waals surface area contributed by atoms with E-state index >= 15 is 0 Å². The van der Waals surface area contributed by atoms with Crippen molar-refractivity contribution in [3.8, 4) is 0 Å². The highest BCUT2D eigenvalue weighted by molar-refractivity contribution is 4.86. The molecule has 2 nitrogen and oxygen atoms in total. The lowest BCUT2D eigenvalue weighted by Crippen LogP contribution is -2.36. The highest BCUT2D eigenvalue weighted by atomic mass is 16.5. The topological polar surface area (TPSA) is 21.3 Å². The number of rotatable bonds is 8. The van der Waals surface area contributed by atoms with Crippen molar-refractivity contribution >= 4 is 0 Å². The molecule has 1 N–H and O–H groups in total. The van der Waals surface area contributed by atoms with Crippen molar-refractivity contribution < 1.29 is 4.74 Å². The smallest absolute Gasteiger partial charge is 0.0576 e. The van der Waals surface area contributed by atoms with Gasteiger partial charge in [-0.15, -0.1) is 0 Å². The second-order valence-electron chi connectivity index (χ2n) is 5.93. The van der Waals surface area contributed by atoms with Gasteiger partial charge in [-0.1, -0.05) is 13.8 Å². The van der Waals surface area contributed by atoms with E-state index in [9.17, 15) is 0 Å². The van der Waals surface area contributed by atoms with Crippen LogP contribution in [0.25, 0.3) is 0 Å². The summed E-state index contributed by atoms with van der Waals surface area (Å²) in [5.41, 5.74) is 0. The van der Waals surface area contributed by atoms with Crippen LogP contribution in [-0.4, -0.2) is 25.3 Å². The Morgan fingerprint density at radius 1 is 1.29 bits per heavy atom. The predicted octanol–water partition coefficient (Wildman–Crippen LogP) is 3.36. The van der Waals surface area contributed by atoms with Gasteiger partial charge in [-0.05, 0) is 63.3 Å². The average Bonchev–Trinajstić information content (AvgIpc) is 3.06. The molecule has 17 heavy (non-hydrogen) atoms. The Kier molecular flexibility index (Phi) is 5.30. The minimum absolute atomic E-state index is 0.577. The van der Waals surface area contributed by atoms with Gasteiger partial charge in [-0.2, -0.15) is 0 Å². The molecule has 1 heterocycles. The van der Waals surface area contributed by atoms with E-state index in [1.807, 2.05) is 0 Å². The molecular weight excluding hydrogens is 210 g/mol. The largest absolute Gasteiger partial charge is 0.378 e. The number of ether oxygens (including phenoxy) is 1. The molecule has 0 aromatic rings. The van der Waals surface area contributed by atoms with E-state index in [4.69, 9.17) is 4.74 Å². The van der Waals surface area contributed by atoms with Gasteiger partial charge in [0.1, 0.15) is 0 Å². The van der Waals surface area contributed by atoms with Crippen LogP contribution in [0.15, 0.2) is 0 Å². The minimum atomic E-state index is 0.577. The third-order valence-corrected chi connectivity index (χ3v) is 4.53. The molecule has 3 unspecified atom stereocenters. The van der Waals surface area contributed by atoms with Gasteiger partial charge in [0.2, 0.25) is 0 Å². The normalized spacial score (nSPS) is 28.2. The van der Waals surface area contributed by atoms with Gasteiger partial charge in [0.25, 0.3) is 0 Å². The van der Waals surface area contributed by atoms with Crippen LogP contribution < -0.4 is 5.32 Å². The summed E-state index contributed by atoms with van der Waals surface area (Å²) in [7, 11) is 0.